The van der Waals surface area contributed by atoms with E-state index in [0.717, 1.165) is 6.42 Å². The summed E-state index contributed by atoms with van der Waals surface area (Å²) in [6, 6.07) is 14.9. The molecule has 3 aliphatic carbocycles. The van der Waals surface area contributed by atoms with E-state index in [9.17, 15) is 0 Å². The smallest absolute Gasteiger partial charge is 0.0195 e. The van der Waals surface area contributed by atoms with Crippen molar-refractivity contribution >= 4 is 0 Å². The van der Waals surface area contributed by atoms with Gasteiger partial charge in [-0.15, -0.1) is 0 Å². The molecule has 0 spiro atoms. The van der Waals surface area contributed by atoms with Crippen molar-refractivity contribution in [3.63, 3.8) is 0 Å². The van der Waals surface area contributed by atoms with Crippen molar-refractivity contribution in [2.45, 2.75) is 103 Å². The lowest BCUT2D eigenvalue weighted by Gasteiger charge is -2.42. The monoisotopic (exact) mass is 438 g/mol. The van der Waals surface area contributed by atoms with Gasteiger partial charge < -0.3 is 0 Å². The molecule has 1 saturated carbocycles. The highest BCUT2D eigenvalue weighted by Gasteiger charge is 2.47. The Morgan fingerprint density at radius 1 is 0.697 bits per heavy atom. The van der Waals surface area contributed by atoms with Crippen molar-refractivity contribution in [3.05, 3.63) is 82.5 Å². The zero-order chi connectivity index (χ0) is 23.4. The van der Waals surface area contributed by atoms with Gasteiger partial charge in [-0.3, -0.25) is 0 Å². The van der Waals surface area contributed by atoms with Crippen molar-refractivity contribution in [2.24, 2.45) is 5.41 Å². The van der Waals surface area contributed by atoms with E-state index in [1.807, 2.05) is 0 Å². The third kappa shape index (κ3) is 3.84. The molecule has 0 saturated heterocycles. The summed E-state index contributed by atoms with van der Waals surface area (Å²) in [6.07, 6.45) is 16.4. The Kier molecular flexibility index (Phi) is 5.50. The van der Waals surface area contributed by atoms with Crippen LogP contribution in [0.2, 0.25) is 0 Å². The van der Waals surface area contributed by atoms with E-state index in [1.165, 1.54) is 60.8 Å². The summed E-state index contributed by atoms with van der Waals surface area (Å²) in [7, 11) is 0. The first-order chi connectivity index (χ1) is 15.6. The van der Waals surface area contributed by atoms with E-state index in [2.05, 4.69) is 96.2 Å². The quantitative estimate of drug-likeness (QED) is 0.409. The summed E-state index contributed by atoms with van der Waals surface area (Å²) in [4.78, 5) is 0. The average Bonchev–Trinajstić information content (AvgIpc) is 3.33. The molecule has 174 valence electrons. The van der Waals surface area contributed by atoms with Crippen LogP contribution in [-0.2, 0) is 10.8 Å². The molecule has 0 N–H and O–H groups in total. The maximum Gasteiger partial charge on any atom is 0.0195 e. The van der Waals surface area contributed by atoms with Gasteiger partial charge in [-0.05, 0) is 63.5 Å². The summed E-state index contributed by atoms with van der Waals surface area (Å²) in [5, 5.41) is 0. The van der Waals surface area contributed by atoms with E-state index in [4.69, 9.17) is 0 Å². The minimum atomic E-state index is 0.160. The van der Waals surface area contributed by atoms with Gasteiger partial charge in [0.25, 0.3) is 0 Å². The van der Waals surface area contributed by atoms with Crippen LogP contribution in [0.3, 0.4) is 0 Å². The van der Waals surface area contributed by atoms with Crippen molar-refractivity contribution < 1.29 is 0 Å². The molecule has 0 heteroatoms. The van der Waals surface area contributed by atoms with Gasteiger partial charge in [-0.25, -0.2) is 0 Å². The molecule has 0 atom stereocenters. The second-order valence-corrected chi connectivity index (χ2v) is 12.9. The van der Waals surface area contributed by atoms with Gasteiger partial charge >= 0.3 is 0 Å². The van der Waals surface area contributed by atoms with Crippen molar-refractivity contribution in [2.75, 3.05) is 0 Å². The molecule has 0 nitrogen and oxygen atoms in total. The molecule has 33 heavy (non-hydrogen) atoms. The van der Waals surface area contributed by atoms with Crippen LogP contribution in [0, 0.1) is 5.41 Å². The molecule has 0 bridgehead atoms. The van der Waals surface area contributed by atoms with E-state index >= 15 is 0 Å². The van der Waals surface area contributed by atoms with Gasteiger partial charge in [-0.2, -0.15) is 0 Å². The SMILES string of the molecule is CC(C)(C)c1ccc2c(c1)-c1cc(C(C)(C)C)ccc1C2C1(C2=CC=CC2)CCCCCC1. The maximum absolute atomic E-state index is 2.53. The Labute approximate surface area is 202 Å². The van der Waals surface area contributed by atoms with E-state index in [-0.39, 0.29) is 16.2 Å². The molecule has 5 rings (SSSR count). The Hall–Kier alpha value is -2.08. The standard InChI is InChI=1S/C33H42/c1-31(2,3)24-15-17-26-28(21-24)29-22-25(32(4,5)6)16-18-27(29)30(26)33(23-13-9-10-14-23)19-11-7-8-12-20-33/h9-10,13,15-18,21-22,30H,7-8,11-12,14,19-20H2,1-6H3. The number of allylic oxidation sites excluding steroid dienone is 4. The predicted octanol–water partition coefficient (Wildman–Crippen LogP) is 9.62. The van der Waals surface area contributed by atoms with Crippen LogP contribution in [0.25, 0.3) is 11.1 Å². The summed E-state index contributed by atoms with van der Waals surface area (Å²) in [6.45, 7) is 14.1. The summed E-state index contributed by atoms with van der Waals surface area (Å²) >= 11 is 0. The van der Waals surface area contributed by atoms with E-state index < -0.39 is 0 Å². The zero-order valence-electron chi connectivity index (χ0n) is 21.7. The Balaban J connectivity index is 1.76. The molecular formula is C33H42. The Morgan fingerprint density at radius 2 is 1.21 bits per heavy atom. The minimum Gasteiger partial charge on any atom is -0.0804 e. The first-order valence-electron chi connectivity index (χ1n) is 13.3. The number of fused-ring (bicyclic) bond motifs is 3. The summed E-state index contributed by atoms with van der Waals surface area (Å²) < 4.78 is 0. The molecule has 0 unspecified atom stereocenters. The fourth-order valence-corrected chi connectivity index (χ4v) is 6.75. The van der Waals surface area contributed by atoms with Gasteiger partial charge in [0, 0.05) is 11.3 Å². The third-order valence-corrected chi connectivity index (χ3v) is 8.71. The zero-order valence-corrected chi connectivity index (χ0v) is 21.7. The van der Waals surface area contributed by atoms with Crippen LogP contribution in [0.5, 0.6) is 0 Å². The predicted molar refractivity (Wildman–Crippen MR) is 143 cm³/mol. The van der Waals surface area contributed by atoms with Crippen LogP contribution in [0.1, 0.15) is 115 Å². The summed E-state index contributed by atoms with van der Waals surface area (Å²) in [5.74, 6) is 0.481. The third-order valence-electron chi connectivity index (χ3n) is 8.71. The highest BCUT2D eigenvalue weighted by molar-refractivity contribution is 5.81. The lowest BCUT2D eigenvalue weighted by Crippen LogP contribution is -2.30. The topological polar surface area (TPSA) is 0 Å². The molecule has 2 aromatic carbocycles. The molecule has 0 heterocycles. The largest absolute Gasteiger partial charge is 0.0804 e. The molecule has 0 radical (unpaired) electrons. The maximum atomic E-state index is 2.53. The molecular weight excluding hydrogens is 396 g/mol. The van der Waals surface area contributed by atoms with Crippen LogP contribution in [0.4, 0.5) is 0 Å². The number of hydrogen-bond donors (Lipinski definition) is 0. The molecule has 0 aromatic heterocycles. The summed E-state index contributed by atoms with van der Waals surface area (Å²) in [5.41, 5.74) is 11.3. The lowest BCUT2D eigenvalue weighted by atomic mass is 9.61. The van der Waals surface area contributed by atoms with Crippen LogP contribution >= 0.6 is 0 Å². The highest BCUT2D eigenvalue weighted by Crippen LogP contribution is 2.61. The normalized spacial score (nSPS) is 20.4. The average molecular weight is 439 g/mol. The Morgan fingerprint density at radius 3 is 1.64 bits per heavy atom. The van der Waals surface area contributed by atoms with Gasteiger partial charge in [0.05, 0.1) is 0 Å². The van der Waals surface area contributed by atoms with Crippen molar-refractivity contribution in [3.8, 4) is 11.1 Å². The fraction of sp³-hybridized carbons (Fsp3) is 0.515. The van der Waals surface area contributed by atoms with Gasteiger partial charge in [0.15, 0.2) is 0 Å². The Bertz CT molecular complexity index is 1040. The molecule has 0 aliphatic heterocycles. The van der Waals surface area contributed by atoms with Crippen LogP contribution in [0.15, 0.2) is 60.2 Å². The fourth-order valence-electron chi connectivity index (χ4n) is 6.75. The second-order valence-electron chi connectivity index (χ2n) is 12.9. The molecule has 0 amide bonds. The molecule has 2 aromatic rings. The number of benzene rings is 2. The highest BCUT2D eigenvalue weighted by atomic mass is 14.5. The molecule has 3 aliphatic rings. The van der Waals surface area contributed by atoms with Crippen molar-refractivity contribution in [1.82, 2.24) is 0 Å². The van der Waals surface area contributed by atoms with Gasteiger partial charge in [0.1, 0.15) is 0 Å². The second kappa shape index (κ2) is 8.00. The van der Waals surface area contributed by atoms with Crippen LogP contribution in [-0.4, -0.2) is 0 Å². The lowest BCUT2D eigenvalue weighted by molar-refractivity contribution is 0.265. The van der Waals surface area contributed by atoms with Crippen molar-refractivity contribution in [1.29, 1.82) is 0 Å². The number of rotatable bonds is 2. The molecule has 1 fully saturated rings. The minimum absolute atomic E-state index is 0.160. The van der Waals surface area contributed by atoms with E-state index in [0.29, 0.717) is 5.92 Å². The first-order valence-corrected chi connectivity index (χ1v) is 13.3. The number of hydrogen-bond acceptors (Lipinski definition) is 0. The van der Waals surface area contributed by atoms with E-state index in [1.54, 1.807) is 16.7 Å². The van der Waals surface area contributed by atoms with Gasteiger partial charge in [0.2, 0.25) is 0 Å². The van der Waals surface area contributed by atoms with Gasteiger partial charge in [-0.1, -0.05) is 127 Å². The first kappa shape index (κ1) is 22.7. The van der Waals surface area contributed by atoms with Crippen LogP contribution < -0.4 is 0 Å².